The summed E-state index contributed by atoms with van der Waals surface area (Å²) in [6, 6.07) is 0. The number of ketones is 1. The molecule has 14 heavy (non-hydrogen) atoms. The summed E-state index contributed by atoms with van der Waals surface area (Å²) in [6.07, 6.45) is 8.58. The number of carbonyl (C=O) groups excluding carboxylic acids is 1. The molecule has 2 heteroatoms. The van der Waals surface area contributed by atoms with Crippen LogP contribution in [0.15, 0.2) is 24.3 Å². The van der Waals surface area contributed by atoms with Crippen molar-refractivity contribution in [2.45, 2.75) is 25.9 Å². The van der Waals surface area contributed by atoms with Crippen LogP contribution < -0.4 is 0 Å². The van der Waals surface area contributed by atoms with E-state index in [0.717, 1.165) is 6.42 Å². The number of fused-ring (bicyclic) bond motifs is 1. The van der Waals surface area contributed by atoms with Gasteiger partial charge < -0.3 is 4.74 Å². The highest BCUT2D eigenvalue weighted by Crippen LogP contribution is 2.41. The summed E-state index contributed by atoms with van der Waals surface area (Å²) >= 11 is 0. The van der Waals surface area contributed by atoms with E-state index in [2.05, 4.69) is 13.8 Å². The number of hydrogen-bond donors (Lipinski definition) is 0. The van der Waals surface area contributed by atoms with Gasteiger partial charge >= 0.3 is 0 Å². The molecule has 0 saturated heterocycles. The third-order valence-electron chi connectivity index (χ3n) is 3.19. The Morgan fingerprint density at radius 2 is 2.36 bits per heavy atom. The SMILES string of the molecule is CC[C@H](C)COC12C=CC1C=CC2=O. The molecule has 2 aliphatic rings. The third-order valence-corrected chi connectivity index (χ3v) is 3.19. The van der Waals surface area contributed by atoms with E-state index in [1.54, 1.807) is 6.08 Å². The van der Waals surface area contributed by atoms with Crippen LogP contribution in [-0.2, 0) is 9.53 Å². The first-order valence-electron chi connectivity index (χ1n) is 5.25. The average molecular weight is 192 g/mol. The second-order valence-electron chi connectivity index (χ2n) is 4.23. The molecule has 2 nitrogen and oxygen atoms in total. The van der Waals surface area contributed by atoms with Crippen LogP contribution in [-0.4, -0.2) is 18.0 Å². The van der Waals surface area contributed by atoms with Crippen LogP contribution in [0.2, 0.25) is 0 Å². The molecule has 0 aromatic carbocycles. The van der Waals surface area contributed by atoms with Crippen molar-refractivity contribution in [2.75, 3.05) is 6.61 Å². The molecule has 0 aromatic rings. The Labute approximate surface area is 84.6 Å². The Morgan fingerprint density at radius 3 is 2.86 bits per heavy atom. The topological polar surface area (TPSA) is 26.3 Å². The molecular weight excluding hydrogens is 176 g/mol. The number of carbonyl (C=O) groups is 1. The van der Waals surface area contributed by atoms with E-state index in [0.29, 0.717) is 12.5 Å². The first-order chi connectivity index (χ1) is 6.69. The van der Waals surface area contributed by atoms with Crippen molar-refractivity contribution in [1.29, 1.82) is 0 Å². The Kier molecular flexibility index (Phi) is 2.31. The Morgan fingerprint density at radius 1 is 1.57 bits per heavy atom. The van der Waals surface area contributed by atoms with Crippen LogP contribution in [0, 0.1) is 11.8 Å². The van der Waals surface area contributed by atoms with Crippen molar-refractivity contribution < 1.29 is 9.53 Å². The van der Waals surface area contributed by atoms with Crippen LogP contribution in [0.4, 0.5) is 0 Å². The highest BCUT2D eigenvalue weighted by Gasteiger charge is 2.50. The fraction of sp³-hybridized carbons (Fsp3) is 0.583. The van der Waals surface area contributed by atoms with Crippen LogP contribution in [0.25, 0.3) is 0 Å². The monoisotopic (exact) mass is 192 g/mol. The Balaban J connectivity index is 1.98. The molecule has 0 spiro atoms. The lowest BCUT2D eigenvalue weighted by molar-refractivity contribution is -0.138. The molecule has 0 heterocycles. The van der Waals surface area contributed by atoms with Gasteiger partial charge in [0.05, 0.1) is 6.61 Å². The number of hydrogen-bond acceptors (Lipinski definition) is 2. The second-order valence-corrected chi connectivity index (χ2v) is 4.23. The van der Waals surface area contributed by atoms with Crippen LogP contribution >= 0.6 is 0 Å². The molecule has 76 valence electrons. The van der Waals surface area contributed by atoms with Crippen LogP contribution in [0.1, 0.15) is 20.3 Å². The maximum Gasteiger partial charge on any atom is 0.192 e. The molecule has 0 fully saturated rings. The first-order valence-corrected chi connectivity index (χ1v) is 5.25. The van der Waals surface area contributed by atoms with Crippen molar-refractivity contribution in [2.24, 2.45) is 11.8 Å². The average Bonchev–Trinajstić information content (AvgIpc) is 2.36. The van der Waals surface area contributed by atoms with Crippen LogP contribution in [0.5, 0.6) is 0 Å². The minimum atomic E-state index is -0.608. The maximum atomic E-state index is 11.6. The minimum Gasteiger partial charge on any atom is -0.361 e. The summed E-state index contributed by atoms with van der Waals surface area (Å²) in [5, 5.41) is 0. The quantitative estimate of drug-likeness (QED) is 0.638. The van der Waals surface area contributed by atoms with E-state index in [1.165, 1.54) is 0 Å². The molecular formula is C12H16O2. The molecule has 2 unspecified atom stereocenters. The van der Waals surface area contributed by atoms with Gasteiger partial charge in [-0.1, -0.05) is 32.4 Å². The highest BCUT2D eigenvalue weighted by atomic mass is 16.5. The van der Waals surface area contributed by atoms with Gasteiger partial charge in [0, 0.05) is 5.92 Å². The zero-order valence-electron chi connectivity index (χ0n) is 8.69. The lowest BCUT2D eigenvalue weighted by atomic mass is 9.79. The minimum absolute atomic E-state index is 0.105. The first kappa shape index (κ1) is 9.66. The fourth-order valence-corrected chi connectivity index (χ4v) is 1.77. The standard InChI is InChI=1S/C12H16O2/c1-3-9(2)8-14-12-7-6-10(12)4-5-11(12)13/h4-7,9-10H,3,8H2,1-2H3/t9-,10?,12?/m0/s1. The van der Waals surface area contributed by atoms with Gasteiger partial charge in [0.2, 0.25) is 0 Å². The summed E-state index contributed by atoms with van der Waals surface area (Å²) < 4.78 is 5.76. The number of rotatable bonds is 4. The molecule has 0 N–H and O–H groups in total. The van der Waals surface area contributed by atoms with Gasteiger partial charge in [-0.3, -0.25) is 4.79 Å². The highest BCUT2D eigenvalue weighted by molar-refractivity contribution is 6.03. The van der Waals surface area contributed by atoms with Gasteiger partial charge in [-0.25, -0.2) is 0 Å². The predicted octanol–water partition coefficient (Wildman–Crippen LogP) is 2.11. The summed E-state index contributed by atoms with van der Waals surface area (Å²) in [4.78, 5) is 11.6. The van der Waals surface area contributed by atoms with Crippen LogP contribution in [0.3, 0.4) is 0 Å². The zero-order chi connectivity index (χ0) is 10.2. The Hall–Kier alpha value is -0.890. The zero-order valence-corrected chi connectivity index (χ0v) is 8.69. The molecule has 0 radical (unpaired) electrons. The van der Waals surface area contributed by atoms with E-state index in [4.69, 9.17) is 4.74 Å². The lowest BCUT2D eigenvalue weighted by Gasteiger charge is -2.36. The fourth-order valence-electron chi connectivity index (χ4n) is 1.77. The normalized spacial score (nSPS) is 35.6. The smallest absolute Gasteiger partial charge is 0.192 e. The summed E-state index contributed by atoms with van der Waals surface area (Å²) in [6.45, 7) is 4.94. The van der Waals surface area contributed by atoms with Crippen molar-refractivity contribution in [3.8, 4) is 0 Å². The molecule has 2 rings (SSSR count). The van der Waals surface area contributed by atoms with E-state index in [9.17, 15) is 4.79 Å². The summed E-state index contributed by atoms with van der Waals surface area (Å²) in [5.74, 6) is 0.819. The van der Waals surface area contributed by atoms with E-state index < -0.39 is 5.60 Å². The van der Waals surface area contributed by atoms with Crippen molar-refractivity contribution in [1.82, 2.24) is 0 Å². The molecule has 2 aliphatic carbocycles. The van der Waals surface area contributed by atoms with Crippen molar-refractivity contribution in [3.63, 3.8) is 0 Å². The van der Waals surface area contributed by atoms with Gasteiger partial charge in [-0.15, -0.1) is 0 Å². The predicted molar refractivity (Wildman–Crippen MR) is 54.9 cm³/mol. The van der Waals surface area contributed by atoms with Gasteiger partial charge in [-0.2, -0.15) is 0 Å². The van der Waals surface area contributed by atoms with E-state index in [-0.39, 0.29) is 11.7 Å². The van der Waals surface area contributed by atoms with Gasteiger partial charge in [-0.05, 0) is 18.1 Å². The van der Waals surface area contributed by atoms with E-state index in [1.807, 2.05) is 18.2 Å². The number of ether oxygens (including phenoxy) is 1. The third kappa shape index (κ3) is 1.25. The molecule has 0 amide bonds. The maximum absolute atomic E-state index is 11.6. The summed E-state index contributed by atoms with van der Waals surface area (Å²) in [7, 11) is 0. The van der Waals surface area contributed by atoms with Crippen molar-refractivity contribution >= 4 is 5.78 Å². The molecule has 0 aliphatic heterocycles. The Bertz CT molecular complexity index is 303. The van der Waals surface area contributed by atoms with Gasteiger partial charge in [0.25, 0.3) is 0 Å². The molecule has 0 bridgehead atoms. The second kappa shape index (κ2) is 3.35. The molecule has 0 aromatic heterocycles. The largest absolute Gasteiger partial charge is 0.361 e. The van der Waals surface area contributed by atoms with Gasteiger partial charge in [0.15, 0.2) is 11.4 Å². The van der Waals surface area contributed by atoms with Gasteiger partial charge in [0.1, 0.15) is 0 Å². The molecule has 0 saturated carbocycles. The van der Waals surface area contributed by atoms with E-state index >= 15 is 0 Å². The van der Waals surface area contributed by atoms with Crippen molar-refractivity contribution in [3.05, 3.63) is 24.3 Å². The summed E-state index contributed by atoms with van der Waals surface area (Å²) in [5.41, 5.74) is -0.608. The lowest BCUT2D eigenvalue weighted by Crippen LogP contribution is -2.47. The molecule has 3 atom stereocenters.